The van der Waals surface area contributed by atoms with Crippen LogP contribution in [0.25, 0.3) is 0 Å². The summed E-state index contributed by atoms with van der Waals surface area (Å²) in [6.07, 6.45) is 3.68. The van der Waals surface area contributed by atoms with Crippen LogP contribution < -0.4 is 10.1 Å². The predicted molar refractivity (Wildman–Crippen MR) is 77.7 cm³/mol. The Morgan fingerprint density at radius 1 is 1.40 bits per heavy atom. The molecule has 0 saturated heterocycles. The molecule has 0 unspecified atom stereocenters. The topological polar surface area (TPSA) is 58.6 Å². The number of rotatable bonds is 5. The maximum absolute atomic E-state index is 11.8. The number of aliphatic hydroxyl groups is 1. The molecule has 2 N–H and O–H groups in total. The minimum Gasteiger partial charge on any atom is -0.493 e. The summed E-state index contributed by atoms with van der Waals surface area (Å²) < 4.78 is 5.55. The lowest BCUT2D eigenvalue weighted by Crippen LogP contribution is -2.45. The molecule has 110 valence electrons. The molecule has 1 aliphatic carbocycles. The minimum absolute atomic E-state index is 0.0522. The number of nitrogens with one attached hydrogen (secondary N) is 1. The van der Waals surface area contributed by atoms with Crippen molar-refractivity contribution in [2.24, 2.45) is 0 Å². The van der Waals surface area contributed by atoms with Gasteiger partial charge in [-0.15, -0.1) is 0 Å². The average Bonchev–Trinajstić information content (AvgIpc) is 2.41. The van der Waals surface area contributed by atoms with E-state index < -0.39 is 6.10 Å². The van der Waals surface area contributed by atoms with Crippen molar-refractivity contribution >= 4 is 5.91 Å². The molecule has 1 saturated carbocycles. The predicted octanol–water partition coefficient (Wildman–Crippen LogP) is 2.18. The van der Waals surface area contributed by atoms with Crippen molar-refractivity contribution in [2.75, 3.05) is 6.61 Å². The highest BCUT2D eigenvalue weighted by atomic mass is 16.5. The van der Waals surface area contributed by atoms with Crippen LogP contribution in [0.3, 0.4) is 0 Å². The van der Waals surface area contributed by atoms with E-state index in [1.807, 2.05) is 31.2 Å². The summed E-state index contributed by atoms with van der Waals surface area (Å²) in [5.74, 6) is 0.735. The number of carbonyl (C=O) groups excluding carboxylic acids is 1. The molecule has 0 aromatic heterocycles. The molecule has 1 aliphatic rings. The minimum atomic E-state index is -0.398. The van der Waals surface area contributed by atoms with Crippen LogP contribution in [-0.2, 0) is 4.79 Å². The first-order valence-corrected chi connectivity index (χ1v) is 7.32. The molecule has 4 nitrogen and oxygen atoms in total. The molecule has 0 radical (unpaired) electrons. The van der Waals surface area contributed by atoms with E-state index in [2.05, 4.69) is 5.32 Å². The zero-order valence-corrected chi connectivity index (χ0v) is 12.0. The molecule has 1 amide bonds. The van der Waals surface area contributed by atoms with Crippen molar-refractivity contribution in [3.8, 4) is 5.75 Å². The molecule has 1 aromatic rings. The highest BCUT2D eigenvalue weighted by Crippen LogP contribution is 2.18. The van der Waals surface area contributed by atoms with Gasteiger partial charge in [-0.25, -0.2) is 0 Å². The summed E-state index contributed by atoms with van der Waals surface area (Å²) in [4.78, 5) is 11.8. The van der Waals surface area contributed by atoms with Gasteiger partial charge in [0.05, 0.1) is 25.2 Å². The number of aliphatic hydroxyl groups excluding tert-OH is 1. The van der Waals surface area contributed by atoms with Gasteiger partial charge in [-0.2, -0.15) is 0 Å². The SMILES string of the molecule is Cc1cccc(OCCC(=O)N[C@@H]2CCCC[C@H]2O)c1. The maximum Gasteiger partial charge on any atom is 0.223 e. The van der Waals surface area contributed by atoms with Crippen LogP contribution in [-0.4, -0.2) is 29.8 Å². The van der Waals surface area contributed by atoms with Gasteiger partial charge < -0.3 is 15.2 Å². The van der Waals surface area contributed by atoms with Gasteiger partial charge in [0, 0.05) is 0 Å². The molecule has 4 heteroatoms. The van der Waals surface area contributed by atoms with Crippen LogP contribution in [0.4, 0.5) is 0 Å². The van der Waals surface area contributed by atoms with E-state index in [0.29, 0.717) is 13.0 Å². The second-order valence-electron chi connectivity index (χ2n) is 5.44. The van der Waals surface area contributed by atoms with E-state index in [1.54, 1.807) is 0 Å². The van der Waals surface area contributed by atoms with E-state index in [-0.39, 0.29) is 11.9 Å². The zero-order chi connectivity index (χ0) is 14.4. The molecule has 0 spiro atoms. The fourth-order valence-corrected chi connectivity index (χ4v) is 2.53. The standard InChI is InChI=1S/C16H23NO3/c1-12-5-4-6-13(11-12)20-10-9-16(19)17-14-7-2-3-8-15(14)18/h4-6,11,14-15,18H,2-3,7-10H2,1H3,(H,17,19)/t14-,15-/m1/s1. The summed E-state index contributed by atoms with van der Waals surface area (Å²) in [5, 5.41) is 12.7. The Kier molecular flexibility index (Phi) is 5.41. The Hall–Kier alpha value is -1.55. The van der Waals surface area contributed by atoms with Crippen molar-refractivity contribution in [1.82, 2.24) is 5.32 Å². The molecule has 0 bridgehead atoms. The fraction of sp³-hybridized carbons (Fsp3) is 0.562. The normalized spacial score (nSPS) is 22.3. The molecule has 2 rings (SSSR count). The quantitative estimate of drug-likeness (QED) is 0.867. The smallest absolute Gasteiger partial charge is 0.223 e. The second kappa shape index (κ2) is 7.29. The molecule has 0 aliphatic heterocycles. The lowest BCUT2D eigenvalue weighted by molar-refractivity contribution is -0.123. The van der Waals surface area contributed by atoms with E-state index in [0.717, 1.165) is 37.0 Å². The Balaban J connectivity index is 1.70. The third-order valence-electron chi connectivity index (χ3n) is 3.66. The number of benzene rings is 1. The zero-order valence-electron chi connectivity index (χ0n) is 12.0. The molecular weight excluding hydrogens is 254 g/mol. The van der Waals surface area contributed by atoms with Gasteiger partial charge in [-0.3, -0.25) is 4.79 Å². The van der Waals surface area contributed by atoms with Gasteiger partial charge in [-0.05, 0) is 37.5 Å². The first-order chi connectivity index (χ1) is 9.65. The third kappa shape index (κ3) is 4.53. The van der Waals surface area contributed by atoms with Crippen LogP contribution in [0.5, 0.6) is 5.75 Å². The number of amides is 1. The van der Waals surface area contributed by atoms with Gasteiger partial charge in [-0.1, -0.05) is 25.0 Å². The largest absolute Gasteiger partial charge is 0.493 e. The number of hydrogen-bond acceptors (Lipinski definition) is 3. The second-order valence-corrected chi connectivity index (χ2v) is 5.44. The molecule has 2 atom stereocenters. The Morgan fingerprint density at radius 3 is 2.95 bits per heavy atom. The van der Waals surface area contributed by atoms with Crippen LogP contribution in [0.2, 0.25) is 0 Å². The maximum atomic E-state index is 11.8. The van der Waals surface area contributed by atoms with Gasteiger partial charge in [0.15, 0.2) is 0 Å². The Morgan fingerprint density at radius 2 is 2.20 bits per heavy atom. The number of carbonyl (C=O) groups is 1. The first-order valence-electron chi connectivity index (χ1n) is 7.32. The highest BCUT2D eigenvalue weighted by Gasteiger charge is 2.24. The summed E-state index contributed by atoms with van der Waals surface area (Å²) in [5.41, 5.74) is 1.14. The highest BCUT2D eigenvalue weighted by molar-refractivity contribution is 5.76. The Labute approximate surface area is 120 Å². The molecule has 20 heavy (non-hydrogen) atoms. The number of ether oxygens (including phenoxy) is 1. The van der Waals surface area contributed by atoms with Crippen LogP contribution in [0.15, 0.2) is 24.3 Å². The van der Waals surface area contributed by atoms with Crippen molar-refractivity contribution in [2.45, 2.75) is 51.2 Å². The summed E-state index contributed by atoms with van der Waals surface area (Å²) in [6.45, 7) is 2.36. The summed E-state index contributed by atoms with van der Waals surface area (Å²) in [7, 11) is 0. The molecule has 1 fully saturated rings. The number of aryl methyl sites for hydroxylation is 1. The van der Waals surface area contributed by atoms with Crippen molar-refractivity contribution in [3.63, 3.8) is 0 Å². The monoisotopic (exact) mass is 277 g/mol. The van der Waals surface area contributed by atoms with Crippen molar-refractivity contribution in [1.29, 1.82) is 0 Å². The van der Waals surface area contributed by atoms with Crippen LogP contribution >= 0.6 is 0 Å². The van der Waals surface area contributed by atoms with Gasteiger partial charge in [0.2, 0.25) is 5.91 Å². The van der Waals surface area contributed by atoms with E-state index in [4.69, 9.17) is 4.74 Å². The van der Waals surface area contributed by atoms with Crippen LogP contribution in [0, 0.1) is 6.92 Å². The fourth-order valence-electron chi connectivity index (χ4n) is 2.53. The Bertz CT molecular complexity index is 447. The van der Waals surface area contributed by atoms with E-state index in [9.17, 15) is 9.90 Å². The van der Waals surface area contributed by atoms with E-state index >= 15 is 0 Å². The summed E-state index contributed by atoms with van der Waals surface area (Å²) in [6, 6.07) is 7.68. The lowest BCUT2D eigenvalue weighted by Gasteiger charge is -2.28. The van der Waals surface area contributed by atoms with Crippen LogP contribution in [0.1, 0.15) is 37.7 Å². The first kappa shape index (κ1) is 14.9. The van der Waals surface area contributed by atoms with Gasteiger partial charge in [0.25, 0.3) is 0 Å². The molecule has 0 heterocycles. The van der Waals surface area contributed by atoms with Gasteiger partial charge >= 0.3 is 0 Å². The third-order valence-corrected chi connectivity index (χ3v) is 3.66. The average molecular weight is 277 g/mol. The molecule has 1 aromatic carbocycles. The number of hydrogen-bond donors (Lipinski definition) is 2. The van der Waals surface area contributed by atoms with E-state index in [1.165, 1.54) is 0 Å². The summed E-state index contributed by atoms with van der Waals surface area (Å²) >= 11 is 0. The van der Waals surface area contributed by atoms with Crippen molar-refractivity contribution < 1.29 is 14.6 Å². The lowest BCUT2D eigenvalue weighted by atomic mass is 9.92. The van der Waals surface area contributed by atoms with Gasteiger partial charge in [0.1, 0.15) is 5.75 Å². The van der Waals surface area contributed by atoms with Crippen molar-refractivity contribution in [3.05, 3.63) is 29.8 Å². The molecular formula is C16H23NO3.